The van der Waals surface area contributed by atoms with Gasteiger partial charge < -0.3 is 10.5 Å². The van der Waals surface area contributed by atoms with Gasteiger partial charge in [0.1, 0.15) is 5.75 Å². The number of benzene rings is 1. The van der Waals surface area contributed by atoms with Crippen LogP contribution in [0.2, 0.25) is 0 Å². The molecule has 108 valence electrons. The van der Waals surface area contributed by atoms with Crippen molar-refractivity contribution in [1.82, 2.24) is 0 Å². The van der Waals surface area contributed by atoms with Crippen molar-refractivity contribution in [2.24, 2.45) is 11.7 Å². The summed E-state index contributed by atoms with van der Waals surface area (Å²) in [5, 5.41) is 0. The molecule has 1 aliphatic carbocycles. The average Bonchev–Trinajstić information content (AvgIpc) is 2.46. The van der Waals surface area contributed by atoms with Gasteiger partial charge in [0.2, 0.25) is 0 Å². The minimum absolute atomic E-state index is 0.168. The highest BCUT2D eigenvalue weighted by Crippen LogP contribution is 2.31. The normalized spacial score (nSPS) is 27.2. The van der Waals surface area contributed by atoms with Gasteiger partial charge in [-0.05, 0) is 43.7 Å². The molecule has 0 aromatic heterocycles. The monoisotopic (exact) mass is 271 g/mol. The van der Waals surface area contributed by atoms with Gasteiger partial charge >= 0.3 is 0 Å². The van der Waals surface area contributed by atoms with Crippen molar-refractivity contribution < 1.29 is 4.74 Å². The molecule has 0 fully saturated rings. The van der Waals surface area contributed by atoms with Crippen LogP contribution in [-0.2, 0) is 6.42 Å². The molecule has 2 heteroatoms. The highest BCUT2D eigenvalue weighted by atomic mass is 16.5. The SMILES string of the molecule is NC(/C1=C/CCCCCC1)C1COc2ccccc2C1. The van der Waals surface area contributed by atoms with Crippen LogP contribution in [0.15, 0.2) is 35.9 Å². The Hall–Kier alpha value is -1.28. The second-order valence-corrected chi connectivity index (χ2v) is 6.14. The minimum atomic E-state index is 0.168. The summed E-state index contributed by atoms with van der Waals surface area (Å²) < 4.78 is 5.90. The lowest BCUT2D eigenvalue weighted by Gasteiger charge is -2.31. The quantitative estimate of drug-likeness (QED) is 0.829. The highest BCUT2D eigenvalue weighted by Gasteiger charge is 2.27. The van der Waals surface area contributed by atoms with Crippen molar-refractivity contribution in [3.8, 4) is 5.75 Å². The summed E-state index contributed by atoms with van der Waals surface area (Å²) in [5.74, 6) is 1.47. The third-order valence-electron chi connectivity index (χ3n) is 4.67. The fraction of sp³-hybridized carbons (Fsp3) is 0.556. The fourth-order valence-electron chi connectivity index (χ4n) is 3.40. The smallest absolute Gasteiger partial charge is 0.122 e. The van der Waals surface area contributed by atoms with E-state index >= 15 is 0 Å². The summed E-state index contributed by atoms with van der Waals surface area (Å²) in [6.07, 6.45) is 11.2. The Labute approximate surface area is 122 Å². The molecule has 1 aromatic carbocycles. The Morgan fingerprint density at radius 3 is 2.90 bits per heavy atom. The van der Waals surface area contributed by atoms with Crippen LogP contribution in [0.4, 0.5) is 0 Å². The van der Waals surface area contributed by atoms with E-state index < -0.39 is 0 Å². The maximum Gasteiger partial charge on any atom is 0.122 e. The van der Waals surface area contributed by atoms with E-state index in [2.05, 4.69) is 24.3 Å². The number of fused-ring (bicyclic) bond motifs is 1. The molecule has 1 aliphatic heterocycles. The second-order valence-electron chi connectivity index (χ2n) is 6.14. The number of nitrogens with two attached hydrogens (primary N) is 1. The van der Waals surface area contributed by atoms with E-state index in [0.29, 0.717) is 5.92 Å². The number of allylic oxidation sites excluding steroid dienone is 1. The van der Waals surface area contributed by atoms with Crippen LogP contribution < -0.4 is 10.5 Å². The number of ether oxygens (including phenoxy) is 1. The van der Waals surface area contributed by atoms with E-state index in [1.165, 1.54) is 49.7 Å². The van der Waals surface area contributed by atoms with Gasteiger partial charge in [-0.25, -0.2) is 0 Å². The van der Waals surface area contributed by atoms with Crippen LogP contribution in [0, 0.1) is 5.92 Å². The number of hydrogen-bond acceptors (Lipinski definition) is 2. The molecule has 0 radical (unpaired) electrons. The molecular weight excluding hydrogens is 246 g/mol. The lowest BCUT2D eigenvalue weighted by Crippen LogP contribution is -2.39. The predicted octanol–water partition coefficient (Wildman–Crippen LogP) is 3.85. The molecule has 0 saturated heterocycles. The molecule has 0 spiro atoms. The molecule has 2 unspecified atom stereocenters. The second kappa shape index (κ2) is 6.45. The van der Waals surface area contributed by atoms with Crippen molar-refractivity contribution in [3.05, 3.63) is 41.5 Å². The van der Waals surface area contributed by atoms with E-state index in [-0.39, 0.29) is 6.04 Å². The molecule has 0 amide bonds. The number of hydrogen-bond donors (Lipinski definition) is 1. The molecular formula is C18H25NO. The summed E-state index contributed by atoms with van der Waals surface area (Å²) in [6, 6.07) is 8.52. The lowest BCUT2D eigenvalue weighted by molar-refractivity contribution is 0.207. The van der Waals surface area contributed by atoms with Gasteiger partial charge in [-0.3, -0.25) is 0 Å². The summed E-state index contributed by atoms with van der Waals surface area (Å²) >= 11 is 0. The van der Waals surface area contributed by atoms with Gasteiger partial charge in [0.15, 0.2) is 0 Å². The Morgan fingerprint density at radius 2 is 1.95 bits per heavy atom. The molecule has 2 aliphatic rings. The zero-order valence-electron chi connectivity index (χ0n) is 12.2. The summed E-state index contributed by atoms with van der Waals surface area (Å²) in [4.78, 5) is 0. The van der Waals surface area contributed by atoms with Crippen molar-refractivity contribution in [1.29, 1.82) is 0 Å². The van der Waals surface area contributed by atoms with Crippen LogP contribution in [0.3, 0.4) is 0 Å². The summed E-state index contributed by atoms with van der Waals surface area (Å²) in [5.41, 5.74) is 9.33. The van der Waals surface area contributed by atoms with Gasteiger partial charge in [-0.1, -0.05) is 42.7 Å². The Balaban J connectivity index is 1.70. The first kappa shape index (κ1) is 13.7. The van der Waals surface area contributed by atoms with E-state index in [1.54, 1.807) is 0 Å². The van der Waals surface area contributed by atoms with Gasteiger partial charge in [-0.2, -0.15) is 0 Å². The maximum atomic E-state index is 6.55. The van der Waals surface area contributed by atoms with Crippen LogP contribution in [0.25, 0.3) is 0 Å². The molecule has 0 saturated carbocycles. The maximum absolute atomic E-state index is 6.55. The minimum Gasteiger partial charge on any atom is -0.493 e. The molecule has 20 heavy (non-hydrogen) atoms. The van der Waals surface area contributed by atoms with E-state index in [1.807, 2.05) is 6.07 Å². The van der Waals surface area contributed by atoms with Crippen LogP contribution >= 0.6 is 0 Å². The zero-order chi connectivity index (χ0) is 13.8. The third-order valence-corrected chi connectivity index (χ3v) is 4.67. The van der Waals surface area contributed by atoms with Gasteiger partial charge in [0, 0.05) is 12.0 Å². The Morgan fingerprint density at radius 1 is 1.10 bits per heavy atom. The van der Waals surface area contributed by atoms with E-state index in [4.69, 9.17) is 10.5 Å². The third kappa shape index (κ3) is 3.06. The Kier molecular flexibility index (Phi) is 4.41. The van der Waals surface area contributed by atoms with Crippen LogP contribution in [0.5, 0.6) is 5.75 Å². The molecule has 1 aromatic rings. The first-order chi connectivity index (χ1) is 9.84. The van der Waals surface area contributed by atoms with Gasteiger partial charge in [0.05, 0.1) is 6.61 Å². The largest absolute Gasteiger partial charge is 0.493 e. The predicted molar refractivity (Wildman–Crippen MR) is 82.9 cm³/mol. The average molecular weight is 271 g/mol. The van der Waals surface area contributed by atoms with E-state index in [0.717, 1.165) is 18.8 Å². The van der Waals surface area contributed by atoms with Crippen molar-refractivity contribution in [3.63, 3.8) is 0 Å². The lowest BCUT2D eigenvalue weighted by atomic mass is 9.84. The molecule has 2 atom stereocenters. The first-order valence-electron chi connectivity index (χ1n) is 8.00. The fourth-order valence-corrected chi connectivity index (χ4v) is 3.40. The highest BCUT2D eigenvalue weighted by molar-refractivity contribution is 5.35. The van der Waals surface area contributed by atoms with Gasteiger partial charge in [-0.15, -0.1) is 0 Å². The van der Waals surface area contributed by atoms with Crippen LogP contribution in [-0.4, -0.2) is 12.6 Å². The number of para-hydroxylation sites is 1. The Bertz CT molecular complexity index is 480. The summed E-state index contributed by atoms with van der Waals surface area (Å²) in [7, 11) is 0. The molecule has 3 rings (SSSR count). The topological polar surface area (TPSA) is 35.2 Å². The molecule has 2 N–H and O–H groups in total. The first-order valence-corrected chi connectivity index (χ1v) is 8.00. The standard InChI is InChI=1S/C18H25NO/c19-18(14-8-4-2-1-3-5-9-14)16-12-15-10-6-7-11-17(15)20-13-16/h6-8,10-11,16,18H,1-5,9,12-13,19H2/b14-8+. The molecule has 2 nitrogen and oxygen atoms in total. The van der Waals surface area contributed by atoms with Crippen molar-refractivity contribution in [2.75, 3.05) is 6.61 Å². The van der Waals surface area contributed by atoms with Gasteiger partial charge in [0.25, 0.3) is 0 Å². The molecule has 0 bridgehead atoms. The number of rotatable bonds is 2. The van der Waals surface area contributed by atoms with Crippen molar-refractivity contribution in [2.45, 2.75) is 51.0 Å². The van der Waals surface area contributed by atoms with E-state index in [9.17, 15) is 0 Å². The van der Waals surface area contributed by atoms with Crippen molar-refractivity contribution >= 4 is 0 Å². The summed E-state index contributed by atoms with van der Waals surface area (Å²) in [6.45, 7) is 0.759. The zero-order valence-corrected chi connectivity index (χ0v) is 12.2. The van der Waals surface area contributed by atoms with Crippen LogP contribution in [0.1, 0.15) is 44.1 Å². The molecule has 1 heterocycles.